The fraction of sp³-hybridized carbons (Fsp3) is 0.227. The number of amides is 1. The Morgan fingerprint density at radius 3 is 2.73 bits per heavy atom. The second-order valence-corrected chi connectivity index (χ2v) is 6.49. The number of hydrogen-bond acceptors (Lipinski definition) is 7. The van der Waals surface area contributed by atoms with Crippen LogP contribution in [0.15, 0.2) is 54.4 Å². The van der Waals surface area contributed by atoms with E-state index in [9.17, 15) is 9.59 Å². The summed E-state index contributed by atoms with van der Waals surface area (Å²) in [6.45, 7) is 4.17. The summed E-state index contributed by atoms with van der Waals surface area (Å²) in [4.78, 5) is 34.2. The molecule has 1 aliphatic heterocycles. The van der Waals surface area contributed by atoms with E-state index >= 15 is 0 Å². The molecule has 0 saturated carbocycles. The van der Waals surface area contributed by atoms with Crippen molar-refractivity contribution in [2.75, 3.05) is 30.4 Å². The Hall–Kier alpha value is -3.90. The van der Waals surface area contributed by atoms with E-state index in [1.165, 1.54) is 0 Å². The van der Waals surface area contributed by atoms with Crippen LogP contribution in [-0.4, -0.2) is 42.0 Å². The van der Waals surface area contributed by atoms with Crippen LogP contribution >= 0.6 is 0 Å². The summed E-state index contributed by atoms with van der Waals surface area (Å²) in [7, 11) is 1.72. The van der Waals surface area contributed by atoms with Crippen LogP contribution in [0.2, 0.25) is 0 Å². The maximum Gasteiger partial charge on any atom is 0.246 e. The van der Waals surface area contributed by atoms with Gasteiger partial charge in [-0.15, -0.1) is 0 Å². The fourth-order valence-corrected chi connectivity index (χ4v) is 2.81. The number of carbonyl (C=O) groups excluding carboxylic acids is 2. The van der Waals surface area contributed by atoms with Gasteiger partial charge in [-0.05, 0) is 38.1 Å². The average Bonchev–Trinajstić information content (AvgIpc) is 2.79. The minimum atomic E-state index is -0.120. The lowest BCUT2D eigenvalue weighted by atomic mass is 10.1. The quantitative estimate of drug-likeness (QED) is 0.683. The predicted molar refractivity (Wildman–Crippen MR) is 116 cm³/mol. The molecule has 0 spiro atoms. The van der Waals surface area contributed by atoms with E-state index in [-0.39, 0.29) is 18.1 Å². The third kappa shape index (κ3) is 4.74. The Morgan fingerprint density at radius 1 is 1.27 bits per heavy atom. The molecule has 2 N–H and O–H groups in total. The zero-order valence-electron chi connectivity index (χ0n) is 17.1. The van der Waals surface area contributed by atoms with Gasteiger partial charge in [0, 0.05) is 24.5 Å². The number of aromatic nitrogens is 2. The van der Waals surface area contributed by atoms with E-state index in [2.05, 4.69) is 20.6 Å². The van der Waals surface area contributed by atoms with Gasteiger partial charge in [0.05, 0.1) is 18.7 Å². The molecule has 0 fully saturated rings. The number of anilines is 2. The van der Waals surface area contributed by atoms with E-state index in [0.717, 1.165) is 5.69 Å². The van der Waals surface area contributed by atoms with Crippen molar-refractivity contribution in [3.63, 3.8) is 0 Å². The van der Waals surface area contributed by atoms with Gasteiger partial charge in [-0.25, -0.2) is 9.78 Å². The molecule has 8 heteroatoms. The summed E-state index contributed by atoms with van der Waals surface area (Å²) >= 11 is 0. The molecule has 8 nitrogen and oxygen atoms in total. The largest absolute Gasteiger partial charge is 0.478 e. The zero-order valence-corrected chi connectivity index (χ0v) is 17.1. The van der Waals surface area contributed by atoms with Gasteiger partial charge < -0.3 is 20.3 Å². The molecule has 0 radical (unpaired) electrons. The SMILES string of the molecule is CCOc1nc(C2=CC(=C=O)NC=C2)nc(NCC(=O)N(C)c2ccccc2)c1C. The van der Waals surface area contributed by atoms with Gasteiger partial charge in [0.1, 0.15) is 11.5 Å². The number of para-hydroxylation sites is 1. The number of carbonyl (C=O) groups is 1. The van der Waals surface area contributed by atoms with Crippen molar-refractivity contribution in [3.8, 4) is 5.88 Å². The predicted octanol–water partition coefficient (Wildman–Crippen LogP) is 2.47. The van der Waals surface area contributed by atoms with Crippen LogP contribution in [0.4, 0.5) is 11.5 Å². The Morgan fingerprint density at radius 2 is 2.03 bits per heavy atom. The molecule has 30 heavy (non-hydrogen) atoms. The van der Waals surface area contributed by atoms with Crippen molar-refractivity contribution < 1.29 is 14.3 Å². The van der Waals surface area contributed by atoms with Gasteiger partial charge >= 0.3 is 0 Å². The molecule has 0 bridgehead atoms. The average molecular weight is 405 g/mol. The van der Waals surface area contributed by atoms with Crippen molar-refractivity contribution in [3.05, 3.63) is 65.8 Å². The molecule has 0 atom stereocenters. The summed E-state index contributed by atoms with van der Waals surface area (Å²) in [5.41, 5.74) is 2.41. The number of ether oxygens (including phenoxy) is 1. The van der Waals surface area contributed by atoms with Gasteiger partial charge in [-0.3, -0.25) is 4.79 Å². The number of nitrogens with zero attached hydrogens (tertiary/aromatic N) is 3. The number of allylic oxidation sites excluding steroid dienone is 3. The summed E-state index contributed by atoms with van der Waals surface area (Å²) in [5.74, 6) is 2.97. The Balaban J connectivity index is 1.85. The number of dihydropyridines is 1. The Labute approximate surface area is 175 Å². The second kappa shape index (κ2) is 9.54. The van der Waals surface area contributed by atoms with E-state index in [4.69, 9.17) is 4.74 Å². The summed E-state index contributed by atoms with van der Waals surface area (Å²) in [6.07, 6.45) is 4.97. The first-order valence-electron chi connectivity index (χ1n) is 9.50. The topological polar surface area (TPSA) is 96.5 Å². The second-order valence-electron chi connectivity index (χ2n) is 6.49. The van der Waals surface area contributed by atoms with Crippen molar-refractivity contribution >= 4 is 28.9 Å². The molecule has 154 valence electrons. The molecule has 2 heterocycles. The molecule has 1 aromatic heterocycles. The number of likely N-dealkylation sites (N-methyl/N-ethyl adjacent to an activating group) is 1. The van der Waals surface area contributed by atoms with Crippen LogP contribution in [0.3, 0.4) is 0 Å². The monoisotopic (exact) mass is 405 g/mol. The van der Waals surface area contributed by atoms with E-state index in [0.29, 0.717) is 35.3 Å². The van der Waals surface area contributed by atoms with Crippen molar-refractivity contribution in [2.45, 2.75) is 13.8 Å². The zero-order chi connectivity index (χ0) is 21.5. The van der Waals surface area contributed by atoms with E-state index in [1.807, 2.05) is 50.1 Å². The standard InChI is InChI=1S/C22H23N5O3/c1-4-30-22-15(2)20(24-13-19(29)27(3)18-8-6-5-7-9-18)25-21(26-22)16-10-11-23-17(12-16)14-28/h5-12,23H,4,13H2,1-3H3,(H,24,25,26). The molecule has 2 aromatic rings. The first-order chi connectivity index (χ1) is 14.5. The molecule has 1 aromatic carbocycles. The minimum Gasteiger partial charge on any atom is -0.478 e. The minimum absolute atomic E-state index is 0.0458. The van der Waals surface area contributed by atoms with E-state index in [1.54, 1.807) is 30.3 Å². The molecular formula is C22H23N5O3. The lowest BCUT2D eigenvalue weighted by Crippen LogP contribution is -2.32. The highest BCUT2D eigenvalue weighted by Gasteiger charge is 2.17. The number of hydrogen-bond donors (Lipinski definition) is 2. The number of rotatable bonds is 7. The maximum absolute atomic E-state index is 12.6. The van der Waals surface area contributed by atoms with Crippen LogP contribution in [-0.2, 0) is 9.59 Å². The molecular weight excluding hydrogens is 382 g/mol. The lowest BCUT2D eigenvalue weighted by molar-refractivity contribution is -0.116. The first kappa shape index (κ1) is 20.8. The number of benzene rings is 1. The van der Waals surface area contributed by atoms with Gasteiger partial charge in [-0.1, -0.05) is 18.2 Å². The van der Waals surface area contributed by atoms with Gasteiger partial charge in [0.25, 0.3) is 0 Å². The molecule has 0 saturated heterocycles. The van der Waals surface area contributed by atoms with Gasteiger partial charge in [0.2, 0.25) is 11.8 Å². The number of nitrogens with one attached hydrogen (secondary N) is 2. The molecule has 0 unspecified atom stereocenters. The highest BCUT2D eigenvalue weighted by Crippen LogP contribution is 2.26. The third-order valence-electron chi connectivity index (χ3n) is 4.48. The summed E-state index contributed by atoms with van der Waals surface area (Å²) < 4.78 is 5.65. The van der Waals surface area contributed by atoms with Gasteiger partial charge in [0.15, 0.2) is 11.8 Å². The van der Waals surface area contributed by atoms with Crippen LogP contribution in [0.5, 0.6) is 5.88 Å². The van der Waals surface area contributed by atoms with Crippen LogP contribution in [0.25, 0.3) is 5.57 Å². The first-order valence-corrected chi connectivity index (χ1v) is 9.50. The molecule has 1 amide bonds. The summed E-state index contributed by atoms with van der Waals surface area (Å²) in [6, 6.07) is 9.39. The normalized spacial score (nSPS) is 12.5. The molecule has 3 rings (SSSR count). The van der Waals surface area contributed by atoms with E-state index < -0.39 is 0 Å². The Kier molecular flexibility index (Phi) is 6.62. The highest BCUT2D eigenvalue weighted by molar-refractivity contribution is 5.95. The van der Waals surface area contributed by atoms with Gasteiger partial charge in [-0.2, -0.15) is 4.98 Å². The lowest BCUT2D eigenvalue weighted by Gasteiger charge is -2.19. The maximum atomic E-state index is 12.6. The Bertz CT molecular complexity index is 1040. The van der Waals surface area contributed by atoms with Crippen molar-refractivity contribution in [1.82, 2.24) is 15.3 Å². The van der Waals surface area contributed by atoms with Crippen LogP contribution in [0.1, 0.15) is 18.3 Å². The van der Waals surface area contributed by atoms with Crippen LogP contribution in [0, 0.1) is 6.92 Å². The molecule has 0 aliphatic carbocycles. The summed E-state index contributed by atoms with van der Waals surface area (Å²) in [5, 5.41) is 5.88. The van der Waals surface area contributed by atoms with Crippen molar-refractivity contribution in [1.29, 1.82) is 0 Å². The molecule has 1 aliphatic rings. The van der Waals surface area contributed by atoms with Crippen molar-refractivity contribution in [2.24, 2.45) is 0 Å². The smallest absolute Gasteiger partial charge is 0.246 e. The fourth-order valence-electron chi connectivity index (χ4n) is 2.81. The third-order valence-corrected chi connectivity index (χ3v) is 4.48. The highest BCUT2D eigenvalue weighted by atomic mass is 16.5. The van der Waals surface area contributed by atoms with Crippen LogP contribution < -0.4 is 20.3 Å².